The minimum absolute atomic E-state index is 0.176. The zero-order valence-electron chi connectivity index (χ0n) is 22.6. The third kappa shape index (κ3) is 5.75. The minimum Gasteiger partial charge on any atom is -0.457 e. The molecule has 0 unspecified atom stereocenters. The van der Waals surface area contributed by atoms with Crippen LogP contribution in [-0.2, 0) is 0 Å². The van der Waals surface area contributed by atoms with Gasteiger partial charge in [0.15, 0.2) is 0 Å². The van der Waals surface area contributed by atoms with Gasteiger partial charge in [-0.25, -0.2) is 9.48 Å². The Hall–Kier alpha value is -5.25. The van der Waals surface area contributed by atoms with Crippen molar-refractivity contribution in [2.24, 2.45) is 0 Å². The van der Waals surface area contributed by atoms with Gasteiger partial charge in [0, 0.05) is 42.6 Å². The average Bonchev–Trinajstić information content (AvgIpc) is 3.38. The van der Waals surface area contributed by atoms with Gasteiger partial charge in [-0.3, -0.25) is 20.1 Å². The summed E-state index contributed by atoms with van der Waals surface area (Å²) in [7, 11) is 1.54. The van der Waals surface area contributed by atoms with Crippen LogP contribution in [0.25, 0.3) is 16.6 Å². The number of aryl methyl sites for hydroxylation is 1. The lowest BCUT2D eigenvalue weighted by molar-refractivity contribution is 0.0957. The van der Waals surface area contributed by atoms with Crippen LogP contribution in [0.2, 0.25) is 0 Å². The molecule has 10 nitrogen and oxygen atoms in total. The van der Waals surface area contributed by atoms with Crippen molar-refractivity contribution in [3.05, 3.63) is 96.1 Å². The summed E-state index contributed by atoms with van der Waals surface area (Å²) < 4.78 is 7.64. The number of hydrogen-bond acceptors (Lipinski definition) is 6. The summed E-state index contributed by atoms with van der Waals surface area (Å²) >= 11 is 0. The van der Waals surface area contributed by atoms with Gasteiger partial charge in [0.1, 0.15) is 23.0 Å². The highest BCUT2D eigenvalue weighted by molar-refractivity contribution is 6.00. The molecule has 202 valence electrons. The molecule has 10 heteroatoms. The highest BCUT2D eigenvalue weighted by Gasteiger charge is 2.16. The van der Waals surface area contributed by atoms with Gasteiger partial charge < -0.3 is 15.4 Å². The van der Waals surface area contributed by atoms with E-state index < -0.39 is 6.03 Å². The molecule has 0 bridgehead atoms. The van der Waals surface area contributed by atoms with Gasteiger partial charge in [-0.1, -0.05) is 19.9 Å². The largest absolute Gasteiger partial charge is 0.457 e. The fraction of sp³-hybridized carbons (Fsp3) is 0.167. The molecular formula is C30H29N7O3. The number of urea groups is 1. The van der Waals surface area contributed by atoms with Gasteiger partial charge in [0.05, 0.1) is 16.9 Å². The van der Waals surface area contributed by atoms with Crippen LogP contribution in [0.5, 0.6) is 11.5 Å². The molecule has 3 aromatic heterocycles. The fourth-order valence-electron chi connectivity index (χ4n) is 4.13. The predicted molar refractivity (Wildman–Crippen MR) is 154 cm³/mol. The topological polar surface area (TPSA) is 123 Å². The number of anilines is 2. The molecule has 3 N–H and O–H groups in total. The van der Waals surface area contributed by atoms with Crippen molar-refractivity contribution in [3.63, 3.8) is 0 Å². The van der Waals surface area contributed by atoms with E-state index in [0.717, 1.165) is 27.8 Å². The highest BCUT2D eigenvalue weighted by Crippen LogP contribution is 2.28. The second-order valence-corrected chi connectivity index (χ2v) is 9.52. The first-order chi connectivity index (χ1) is 19.3. The van der Waals surface area contributed by atoms with Crippen LogP contribution in [0.1, 0.15) is 41.5 Å². The summed E-state index contributed by atoms with van der Waals surface area (Å²) in [4.78, 5) is 33.3. The van der Waals surface area contributed by atoms with E-state index in [4.69, 9.17) is 9.84 Å². The SMILES string of the molecule is CNC(=O)c1cc(Oc2ccc(NC(=O)Nc3cc(C(C)C)nn3-c3ccc4ncccc4c3)c(C)c2)ccn1. The Balaban J connectivity index is 1.33. The molecule has 3 amide bonds. The van der Waals surface area contributed by atoms with Gasteiger partial charge in [0.25, 0.3) is 5.91 Å². The molecule has 0 aliphatic rings. The Kier molecular flexibility index (Phi) is 7.41. The van der Waals surface area contributed by atoms with Gasteiger partial charge in [-0.05, 0) is 66.9 Å². The lowest BCUT2D eigenvalue weighted by Gasteiger charge is -2.13. The van der Waals surface area contributed by atoms with Crippen LogP contribution in [0, 0.1) is 6.92 Å². The minimum atomic E-state index is -0.403. The quantitative estimate of drug-likeness (QED) is 0.233. The summed E-state index contributed by atoms with van der Waals surface area (Å²) in [6.07, 6.45) is 3.27. The highest BCUT2D eigenvalue weighted by atomic mass is 16.5. The molecule has 5 rings (SSSR count). The number of ether oxygens (including phenoxy) is 1. The molecule has 40 heavy (non-hydrogen) atoms. The molecule has 0 saturated heterocycles. The van der Waals surface area contributed by atoms with Crippen molar-refractivity contribution in [2.75, 3.05) is 17.7 Å². The zero-order valence-corrected chi connectivity index (χ0v) is 22.6. The zero-order chi connectivity index (χ0) is 28.2. The van der Waals surface area contributed by atoms with Crippen molar-refractivity contribution in [1.82, 2.24) is 25.1 Å². The summed E-state index contributed by atoms with van der Waals surface area (Å²) in [5, 5.41) is 14.1. The van der Waals surface area contributed by atoms with E-state index in [1.54, 1.807) is 48.3 Å². The number of rotatable bonds is 7. The second kappa shape index (κ2) is 11.2. The smallest absolute Gasteiger partial charge is 0.324 e. The fourth-order valence-corrected chi connectivity index (χ4v) is 4.13. The number of carbonyl (C=O) groups excluding carboxylic acids is 2. The van der Waals surface area contributed by atoms with E-state index in [0.29, 0.717) is 23.0 Å². The first-order valence-corrected chi connectivity index (χ1v) is 12.8. The summed E-state index contributed by atoms with van der Waals surface area (Å²) in [6.45, 7) is 5.98. The van der Waals surface area contributed by atoms with Crippen LogP contribution < -0.4 is 20.7 Å². The molecule has 0 atom stereocenters. The number of benzene rings is 2. The Morgan fingerprint density at radius 2 is 1.73 bits per heavy atom. The van der Waals surface area contributed by atoms with E-state index in [9.17, 15) is 9.59 Å². The van der Waals surface area contributed by atoms with Gasteiger partial charge >= 0.3 is 6.03 Å². The van der Waals surface area contributed by atoms with Crippen molar-refractivity contribution < 1.29 is 14.3 Å². The Bertz CT molecular complexity index is 1710. The third-order valence-corrected chi connectivity index (χ3v) is 6.27. The molecule has 3 heterocycles. The monoisotopic (exact) mass is 535 g/mol. The van der Waals surface area contributed by atoms with E-state index in [2.05, 4.69) is 39.8 Å². The normalized spacial score (nSPS) is 10.9. The first-order valence-electron chi connectivity index (χ1n) is 12.8. The maximum absolute atomic E-state index is 13.1. The Morgan fingerprint density at radius 3 is 2.50 bits per heavy atom. The second-order valence-electron chi connectivity index (χ2n) is 9.52. The van der Waals surface area contributed by atoms with Gasteiger partial charge in [-0.15, -0.1) is 0 Å². The van der Waals surface area contributed by atoms with Crippen LogP contribution in [0.15, 0.2) is 79.1 Å². The number of nitrogens with one attached hydrogen (secondary N) is 3. The maximum Gasteiger partial charge on any atom is 0.324 e. The number of pyridine rings is 2. The lowest BCUT2D eigenvalue weighted by Crippen LogP contribution is -2.21. The molecule has 0 radical (unpaired) electrons. The van der Waals surface area contributed by atoms with Crippen molar-refractivity contribution in [3.8, 4) is 17.2 Å². The van der Waals surface area contributed by atoms with Crippen molar-refractivity contribution in [1.29, 1.82) is 0 Å². The lowest BCUT2D eigenvalue weighted by atomic mass is 10.1. The van der Waals surface area contributed by atoms with Crippen molar-refractivity contribution in [2.45, 2.75) is 26.7 Å². The number of amides is 3. The van der Waals surface area contributed by atoms with Crippen LogP contribution in [0.4, 0.5) is 16.3 Å². The Morgan fingerprint density at radius 1 is 0.900 bits per heavy atom. The molecular weight excluding hydrogens is 506 g/mol. The number of carbonyl (C=O) groups is 2. The number of nitrogens with zero attached hydrogens (tertiary/aromatic N) is 4. The Labute approximate surface area is 231 Å². The van der Waals surface area contributed by atoms with Crippen LogP contribution in [-0.4, -0.2) is 38.7 Å². The summed E-state index contributed by atoms with van der Waals surface area (Å²) in [5.41, 5.74) is 4.23. The van der Waals surface area contributed by atoms with Crippen LogP contribution in [0.3, 0.4) is 0 Å². The number of fused-ring (bicyclic) bond motifs is 1. The molecule has 0 fully saturated rings. The molecule has 0 aliphatic carbocycles. The maximum atomic E-state index is 13.1. The standard InChI is InChI=1S/C30H29N7O3/c1-18(2)26-17-28(37(36-26)21-7-9-25-20(15-21)6-5-12-32-25)35-30(39)34-24-10-8-22(14-19(24)3)40-23-11-13-33-27(16-23)29(38)31-4/h5-18H,1-4H3,(H,31,38)(H2,34,35,39). The third-order valence-electron chi connectivity index (χ3n) is 6.27. The average molecular weight is 536 g/mol. The molecule has 0 aliphatic heterocycles. The summed E-state index contributed by atoms with van der Waals surface area (Å²) in [6, 6.07) is 19.8. The number of aromatic nitrogens is 4. The van der Waals surface area contributed by atoms with E-state index in [-0.39, 0.29) is 17.5 Å². The predicted octanol–water partition coefficient (Wildman–Crippen LogP) is 6.04. The van der Waals surface area contributed by atoms with E-state index in [1.165, 1.54) is 6.20 Å². The molecule has 0 spiro atoms. The molecule has 5 aromatic rings. The number of hydrogen-bond donors (Lipinski definition) is 3. The van der Waals surface area contributed by atoms with E-state index in [1.807, 2.05) is 43.3 Å². The van der Waals surface area contributed by atoms with E-state index >= 15 is 0 Å². The first kappa shape index (κ1) is 26.4. The molecule has 0 saturated carbocycles. The van der Waals surface area contributed by atoms with Crippen molar-refractivity contribution >= 4 is 34.3 Å². The van der Waals surface area contributed by atoms with Crippen LogP contribution >= 0.6 is 0 Å². The summed E-state index contributed by atoms with van der Waals surface area (Å²) in [5.74, 6) is 1.46. The van der Waals surface area contributed by atoms with Gasteiger partial charge in [-0.2, -0.15) is 5.10 Å². The van der Waals surface area contributed by atoms with Gasteiger partial charge in [0.2, 0.25) is 0 Å². The molecule has 2 aromatic carbocycles.